The fraction of sp³-hybridized carbons (Fsp3) is 0.538. The standard InChI is InChI=1S/C13H18F3NO3/c1-9(17-11(7-18)8-19-2)10-3-5-12(6-4-10)20-13(14,15)16/h3-6,9,11,17-18H,7-8H2,1-2H3. The van der Waals surface area contributed by atoms with Gasteiger partial charge in [0.25, 0.3) is 0 Å². The van der Waals surface area contributed by atoms with Gasteiger partial charge in [-0.15, -0.1) is 13.2 Å². The molecule has 0 heterocycles. The van der Waals surface area contributed by atoms with Crippen LogP contribution in [0.15, 0.2) is 24.3 Å². The summed E-state index contributed by atoms with van der Waals surface area (Å²) in [4.78, 5) is 0. The van der Waals surface area contributed by atoms with Crippen LogP contribution in [0.2, 0.25) is 0 Å². The Morgan fingerprint density at radius 3 is 2.30 bits per heavy atom. The first kappa shape index (κ1) is 16.7. The largest absolute Gasteiger partial charge is 0.573 e. The van der Waals surface area contributed by atoms with Gasteiger partial charge in [-0.3, -0.25) is 0 Å². The molecule has 1 aromatic rings. The highest BCUT2D eigenvalue weighted by Crippen LogP contribution is 2.24. The molecule has 0 amide bonds. The highest BCUT2D eigenvalue weighted by molar-refractivity contribution is 5.29. The van der Waals surface area contributed by atoms with Gasteiger partial charge >= 0.3 is 6.36 Å². The zero-order chi connectivity index (χ0) is 15.2. The number of aliphatic hydroxyl groups is 1. The van der Waals surface area contributed by atoms with Crippen molar-refractivity contribution in [3.63, 3.8) is 0 Å². The second-order valence-corrected chi connectivity index (χ2v) is 4.34. The Morgan fingerprint density at radius 2 is 1.85 bits per heavy atom. The summed E-state index contributed by atoms with van der Waals surface area (Å²) in [6.45, 7) is 2.10. The number of rotatable bonds is 7. The molecule has 114 valence electrons. The van der Waals surface area contributed by atoms with Gasteiger partial charge < -0.3 is 19.9 Å². The molecule has 1 aromatic carbocycles. The molecule has 0 aliphatic carbocycles. The van der Waals surface area contributed by atoms with Crippen molar-refractivity contribution in [2.75, 3.05) is 20.3 Å². The van der Waals surface area contributed by atoms with E-state index in [1.54, 1.807) is 12.1 Å². The number of ether oxygens (including phenoxy) is 2. The van der Waals surface area contributed by atoms with Crippen molar-refractivity contribution in [3.05, 3.63) is 29.8 Å². The fourth-order valence-corrected chi connectivity index (χ4v) is 1.76. The van der Waals surface area contributed by atoms with Gasteiger partial charge in [-0.05, 0) is 24.6 Å². The van der Waals surface area contributed by atoms with Crippen LogP contribution in [-0.4, -0.2) is 37.8 Å². The van der Waals surface area contributed by atoms with Crippen molar-refractivity contribution in [1.29, 1.82) is 0 Å². The van der Waals surface area contributed by atoms with Crippen molar-refractivity contribution >= 4 is 0 Å². The molecule has 2 atom stereocenters. The van der Waals surface area contributed by atoms with Crippen LogP contribution < -0.4 is 10.1 Å². The summed E-state index contributed by atoms with van der Waals surface area (Å²) in [6.07, 6.45) is -4.69. The second kappa shape index (κ2) is 7.47. The van der Waals surface area contributed by atoms with Crippen LogP contribution in [0, 0.1) is 0 Å². The highest BCUT2D eigenvalue weighted by Gasteiger charge is 2.31. The lowest BCUT2D eigenvalue weighted by Gasteiger charge is -2.21. The van der Waals surface area contributed by atoms with Gasteiger partial charge in [0.15, 0.2) is 0 Å². The van der Waals surface area contributed by atoms with Gasteiger partial charge in [-0.1, -0.05) is 12.1 Å². The van der Waals surface area contributed by atoms with E-state index in [-0.39, 0.29) is 24.4 Å². The van der Waals surface area contributed by atoms with Crippen LogP contribution in [0.25, 0.3) is 0 Å². The molecule has 0 saturated heterocycles. The molecule has 4 nitrogen and oxygen atoms in total. The minimum atomic E-state index is -4.69. The smallest absolute Gasteiger partial charge is 0.406 e. The minimum Gasteiger partial charge on any atom is -0.406 e. The quantitative estimate of drug-likeness (QED) is 0.809. The summed E-state index contributed by atoms with van der Waals surface area (Å²) < 4.78 is 44.8. The van der Waals surface area contributed by atoms with Gasteiger partial charge in [0, 0.05) is 13.2 Å². The van der Waals surface area contributed by atoms with E-state index in [1.165, 1.54) is 19.2 Å². The summed E-state index contributed by atoms with van der Waals surface area (Å²) in [5.74, 6) is -0.260. The van der Waals surface area contributed by atoms with Crippen LogP contribution in [0.1, 0.15) is 18.5 Å². The molecule has 2 unspecified atom stereocenters. The molecule has 0 spiro atoms. The Bertz CT molecular complexity index is 395. The van der Waals surface area contributed by atoms with E-state index < -0.39 is 6.36 Å². The molecule has 0 saturated carbocycles. The predicted octanol–water partition coefficient (Wildman–Crippen LogP) is 2.24. The molecule has 0 bridgehead atoms. The SMILES string of the molecule is COCC(CO)NC(C)c1ccc(OC(F)(F)F)cc1. The number of nitrogens with one attached hydrogen (secondary N) is 1. The van der Waals surface area contributed by atoms with Crippen molar-refractivity contribution in [3.8, 4) is 5.75 Å². The summed E-state index contributed by atoms with van der Waals surface area (Å²) in [5.41, 5.74) is 0.786. The normalized spacial score (nSPS) is 14.9. The molecular formula is C13H18F3NO3. The number of methoxy groups -OCH3 is 1. The van der Waals surface area contributed by atoms with Gasteiger partial charge in [0.05, 0.1) is 19.3 Å². The average molecular weight is 293 g/mol. The van der Waals surface area contributed by atoms with Crippen molar-refractivity contribution in [2.45, 2.75) is 25.4 Å². The van der Waals surface area contributed by atoms with Gasteiger partial charge in [0.2, 0.25) is 0 Å². The fourth-order valence-electron chi connectivity index (χ4n) is 1.76. The monoisotopic (exact) mass is 293 g/mol. The van der Waals surface area contributed by atoms with Crippen molar-refractivity contribution in [2.24, 2.45) is 0 Å². The number of hydrogen-bond acceptors (Lipinski definition) is 4. The maximum atomic E-state index is 12.0. The van der Waals surface area contributed by atoms with E-state index in [1.807, 2.05) is 6.92 Å². The van der Waals surface area contributed by atoms with Crippen molar-refractivity contribution in [1.82, 2.24) is 5.32 Å². The summed E-state index contributed by atoms with van der Waals surface area (Å²) in [6, 6.07) is 5.22. The Morgan fingerprint density at radius 1 is 1.25 bits per heavy atom. The van der Waals surface area contributed by atoms with Gasteiger partial charge in [-0.2, -0.15) is 0 Å². The number of hydrogen-bond donors (Lipinski definition) is 2. The molecule has 0 fully saturated rings. The first-order valence-corrected chi connectivity index (χ1v) is 6.07. The molecule has 0 aliphatic rings. The predicted molar refractivity (Wildman–Crippen MR) is 67.4 cm³/mol. The zero-order valence-electron chi connectivity index (χ0n) is 11.3. The van der Waals surface area contributed by atoms with Crippen LogP contribution >= 0.6 is 0 Å². The first-order valence-electron chi connectivity index (χ1n) is 6.07. The number of aliphatic hydroxyl groups excluding tert-OH is 1. The van der Waals surface area contributed by atoms with E-state index >= 15 is 0 Å². The van der Waals surface area contributed by atoms with E-state index in [2.05, 4.69) is 10.1 Å². The molecule has 2 N–H and O–H groups in total. The average Bonchev–Trinajstić information content (AvgIpc) is 2.37. The molecule has 20 heavy (non-hydrogen) atoms. The lowest BCUT2D eigenvalue weighted by Crippen LogP contribution is -2.38. The maximum Gasteiger partial charge on any atom is 0.573 e. The Balaban J connectivity index is 2.63. The molecule has 0 aromatic heterocycles. The Labute approximate surface area is 115 Å². The lowest BCUT2D eigenvalue weighted by molar-refractivity contribution is -0.274. The van der Waals surface area contributed by atoms with Crippen LogP contribution in [-0.2, 0) is 4.74 Å². The van der Waals surface area contributed by atoms with E-state index in [0.29, 0.717) is 6.61 Å². The number of halogens is 3. The molecular weight excluding hydrogens is 275 g/mol. The van der Waals surface area contributed by atoms with E-state index in [0.717, 1.165) is 5.56 Å². The summed E-state index contributed by atoms with van der Waals surface area (Å²) >= 11 is 0. The zero-order valence-corrected chi connectivity index (χ0v) is 11.3. The molecule has 1 rings (SSSR count). The lowest BCUT2D eigenvalue weighted by atomic mass is 10.1. The second-order valence-electron chi connectivity index (χ2n) is 4.34. The first-order chi connectivity index (χ1) is 9.35. The van der Waals surface area contributed by atoms with Crippen molar-refractivity contribution < 1.29 is 27.8 Å². The highest BCUT2D eigenvalue weighted by atomic mass is 19.4. The minimum absolute atomic E-state index is 0.0898. The third-order valence-electron chi connectivity index (χ3n) is 2.69. The maximum absolute atomic E-state index is 12.0. The third kappa shape index (κ3) is 5.77. The number of alkyl halides is 3. The van der Waals surface area contributed by atoms with Gasteiger partial charge in [-0.25, -0.2) is 0 Å². The summed E-state index contributed by atoms with van der Waals surface area (Å²) in [5, 5.41) is 12.3. The van der Waals surface area contributed by atoms with Crippen LogP contribution in [0.5, 0.6) is 5.75 Å². The molecule has 7 heteroatoms. The van der Waals surface area contributed by atoms with Crippen LogP contribution in [0.4, 0.5) is 13.2 Å². The topological polar surface area (TPSA) is 50.7 Å². The Kier molecular flexibility index (Phi) is 6.25. The van der Waals surface area contributed by atoms with E-state index in [9.17, 15) is 13.2 Å². The van der Waals surface area contributed by atoms with Gasteiger partial charge in [0.1, 0.15) is 5.75 Å². The Hall–Kier alpha value is -1.31. The van der Waals surface area contributed by atoms with E-state index in [4.69, 9.17) is 9.84 Å². The molecule has 0 radical (unpaired) electrons. The van der Waals surface area contributed by atoms with Crippen LogP contribution in [0.3, 0.4) is 0 Å². The number of benzene rings is 1. The third-order valence-corrected chi connectivity index (χ3v) is 2.69. The summed E-state index contributed by atoms with van der Waals surface area (Å²) in [7, 11) is 1.53. The molecule has 0 aliphatic heterocycles.